The summed E-state index contributed by atoms with van der Waals surface area (Å²) in [4.78, 5) is 12.7. The molecule has 148 valence electrons. The van der Waals surface area contributed by atoms with Gasteiger partial charge in [0.25, 0.3) is 5.91 Å². The number of hydrogen-bond donors (Lipinski definition) is 2. The Kier molecular flexibility index (Phi) is 5.12. The summed E-state index contributed by atoms with van der Waals surface area (Å²) >= 11 is 0. The molecule has 1 saturated heterocycles. The summed E-state index contributed by atoms with van der Waals surface area (Å²) in [6.45, 7) is 3.75. The van der Waals surface area contributed by atoms with Crippen molar-refractivity contribution in [2.45, 2.75) is 25.8 Å². The third-order valence-electron chi connectivity index (χ3n) is 5.52. The monoisotopic (exact) mass is 399 g/mol. The van der Waals surface area contributed by atoms with Crippen LogP contribution in [0.4, 0.5) is 5.69 Å². The highest BCUT2D eigenvalue weighted by atomic mass is 32.2. The van der Waals surface area contributed by atoms with Crippen molar-refractivity contribution in [1.82, 2.24) is 10.6 Å². The van der Waals surface area contributed by atoms with Crippen LogP contribution in [0.2, 0.25) is 0 Å². The number of amides is 1. The summed E-state index contributed by atoms with van der Waals surface area (Å²) in [6, 6.07) is 13.6. The molecule has 2 aromatic rings. The fourth-order valence-electron chi connectivity index (χ4n) is 4.05. The first-order valence-corrected chi connectivity index (χ1v) is 11.3. The van der Waals surface area contributed by atoms with Gasteiger partial charge in [-0.25, -0.2) is 8.42 Å². The third-order valence-corrected chi connectivity index (χ3v) is 7.39. The number of aryl methyl sites for hydroxylation is 1. The van der Waals surface area contributed by atoms with Crippen LogP contribution in [-0.4, -0.2) is 39.7 Å². The van der Waals surface area contributed by atoms with Gasteiger partial charge in [0.2, 0.25) is 10.0 Å². The van der Waals surface area contributed by atoms with Gasteiger partial charge in [-0.05, 0) is 61.2 Å². The van der Waals surface area contributed by atoms with Crippen molar-refractivity contribution in [3.8, 4) is 0 Å². The number of hydrogen-bond acceptors (Lipinski definition) is 4. The Morgan fingerprint density at radius 3 is 2.82 bits per heavy atom. The van der Waals surface area contributed by atoms with Gasteiger partial charge in [-0.3, -0.25) is 9.10 Å². The summed E-state index contributed by atoms with van der Waals surface area (Å²) in [7, 11) is -3.22. The molecule has 0 saturated carbocycles. The first kappa shape index (κ1) is 19.0. The van der Waals surface area contributed by atoms with Gasteiger partial charge in [0, 0.05) is 24.7 Å². The number of nitrogens with zero attached hydrogens (tertiary/aromatic N) is 1. The lowest BCUT2D eigenvalue weighted by Gasteiger charge is -2.27. The molecule has 1 amide bonds. The molecule has 1 atom stereocenters. The maximum Gasteiger partial charge on any atom is 0.251 e. The van der Waals surface area contributed by atoms with Crippen LogP contribution in [0.1, 0.15) is 39.5 Å². The second kappa shape index (κ2) is 7.56. The average molecular weight is 400 g/mol. The van der Waals surface area contributed by atoms with E-state index in [0.717, 1.165) is 18.5 Å². The minimum atomic E-state index is -3.22. The van der Waals surface area contributed by atoms with Gasteiger partial charge in [0.15, 0.2) is 0 Å². The van der Waals surface area contributed by atoms with Crippen LogP contribution in [0, 0.1) is 6.92 Å². The number of sulfonamides is 1. The number of anilines is 1. The summed E-state index contributed by atoms with van der Waals surface area (Å²) in [6.07, 6.45) is 1.64. The predicted molar refractivity (Wildman–Crippen MR) is 110 cm³/mol. The normalized spacial score (nSPS) is 20.6. The standard InChI is InChI=1S/C21H25N3O3S/c1-15-13-17(24-11-4-12-28(24,26)27)7-8-18(15)21(25)23-14-20-19-6-3-2-5-16(19)9-10-22-20/h2-3,5-8,13,20,22H,4,9-12,14H2,1H3,(H,23,25). The van der Waals surface area contributed by atoms with E-state index in [1.54, 1.807) is 18.2 Å². The Morgan fingerprint density at radius 1 is 1.25 bits per heavy atom. The number of carbonyl (C=O) groups excluding carboxylic acids is 1. The lowest BCUT2D eigenvalue weighted by atomic mass is 9.94. The van der Waals surface area contributed by atoms with Gasteiger partial charge < -0.3 is 10.6 Å². The molecule has 6 nitrogen and oxygen atoms in total. The second-order valence-electron chi connectivity index (χ2n) is 7.41. The van der Waals surface area contributed by atoms with E-state index >= 15 is 0 Å². The third kappa shape index (κ3) is 3.64. The molecular weight excluding hydrogens is 374 g/mol. The Morgan fingerprint density at radius 2 is 2.07 bits per heavy atom. The van der Waals surface area contributed by atoms with Crippen molar-refractivity contribution in [3.63, 3.8) is 0 Å². The van der Waals surface area contributed by atoms with Crippen molar-refractivity contribution in [1.29, 1.82) is 0 Å². The molecule has 0 aliphatic carbocycles. The molecule has 1 unspecified atom stereocenters. The van der Waals surface area contributed by atoms with Gasteiger partial charge in [0.05, 0.1) is 11.4 Å². The minimum Gasteiger partial charge on any atom is -0.350 e. The van der Waals surface area contributed by atoms with Crippen molar-refractivity contribution in [2.75, 3.05) is 29.7 Å². The number of nitrogens with one attached hydrogen (secondary N) is 2. The molecule has 2 aromatic carbocycles. The molecule has 28 heavy (non-hydrogen) atoms. The molecule has 7 heteroatoms. The molecule has 0 spiro atoms. The van der Waals surface area contributed by atoms with Crippen LogP contribution in [0.5, 0.6) is 0 Å². The zero-order valence-corrected chi connectivity index (χ0v) is 16.8. The molecule has 1 fully saturated rings. The number of benzene rings is 2. The smallest absolute Gasteiger partial charge is 0.251 e. The molecule has 2 aliphatic heterocycles. The highest BCUT2D eigenvalue weighted by molar-refractivity contribution is 7.93. The van der Waals surface area contributed by atoms with E-state index < -0.39 is 10.0 Å². The predicted octanol–water partition coefficient (Wildman–Crippen LogP) is 2.15. The molecular formula is C21H25N3O3S. The van der Waals surface area contributed by atoms with Gasteiger partial charge in [-0.15, -0.1) is 0 Å². The second-order valence-corrected chi connectivity index (χ2v) is 9.42. The number of fused-ring (bicyclic) bond motifs is 1. The molecule has 4 rings (SSSR count). The first-order chi connectivity index (χ1) is 13.5. The van der Waals surface area contributed by atoms with E-state index in [0.29, 0.717) is 30.8 Å². The number of carbonyl (C=O) groups is 1. The molecule has 0 bridgehead atoms. The summed E-state index contributed by atoms with van der Waals surface area (Å²) < 4.78 is 25.7. The van der Waals surface area contributed by atoms with E-state index in [2.05, 4.69) is 22.8 Å². The maximum atomic E-state index is 12.7. The quantitative estimate of drug-likeness (QED) is 0.826. The molecule has 2 aliphatic rings. The Balaban J connectivity index is 1.46. The maximum absolute atomic E-state index is 12.7. The zero-order valence-electron chi connectivity index (χ0n) is 15.9. The van der Waals surface area contributed by atoms with Crippen LogP contribution >= 0.6 is 0 Å². The minimum absolute atomic E-state index is 0.100. The van der Waals surface area contributed by atoms with Crippen LogP contribution in [-0.2, 0) is 16.4 Å². The number of rotatable bonds is 4. The van der Waals surface area contributed by atoms with Gasteiger partial charge in [-0.2, -0.15) is 0 Å². The fraction of sp³-hybridized carbons (Fsp3) is 0.381. The Labute approximate surface area is 166 Å². The van der Waals surface area contributed by atoms with Gasteiger partial charge >= 0.3 is 0 Å². The summed E-state index contributed by atoms with van der Waals surface area (Å²) in [5.41, 5.74) is 4.54. The highest BCUT2D eigenvalue weighted by Gasteiger charge is 2.29. The fourth-order valence-corrected chi connectivity index (χ4v) is 5.61. The molecule has 0 aromatic heterocycles. The zero-order chi connectivity index (χ0) is 19.7. The van der Waals surface area contributed by atoms with Crippen molar-refractivity contribution in [2.24, 2.45) is 0 Å². The van der Waals surface area contributed by atoms with Crippen molar-refractivity contribution < 1.29 is 13.2 Å². The first-order valence-electron chi connectivity index (χ1n) is 9.66. The van der Waals surface area contributed by atoms with E-state index in [1.807, 2.05) is 19.1 Å². The van der Waals surface area contributed by atoms with E-state index in [1.165, 1.54) is 15.4 Å². The van der Waals surface area contributed by atoms with E-state index in [9.17, 15) is 13.2 Å². The lowest BCUT2D eigenvalue weighted by Crippen LogP contribution is -2.39. The lowest BCUT2D eigenvalue weighted by molar-refractivity contribution is 0.0948. The summed E-state index contributed by atoms with van der Waals surface area (Å²) in [5.74, 6) is 0.0441. The van der Waals surface area contributed by atoms with Crippen LogP contribution in [0.25, 0.3) is 0 Å². The molecule has 0 radical (unpaired) electrons. The van der Waals surface area contributed by atoms with Crippen LogP contribution in [0.3, 0.4) is 0 Å². The largest absolute Gasteiger partial charge is 0.350 e. The van der Waals surface area contributed by atoms with Crippen molar-refractivity contribution in [3.05, 3.63) is 64.7 Å². The van der Waals surface area contributed by atoms with Gasteiger partial charge in [0.1, 0.15) is 0 Å². The molecule has 2 N–H and O–H groups in total. The SMILES string of the molecule is Cc1cc(N2CCCS2(=O)=O)ccc1C(=O)NCC1NCCc2ccccc21. The van der Waals surface area contributed by atoms with Gasteiger partial charge in [-0.1, -0.05) is 24.3 Å². The highest BCUT2D eigenvalue weighted by Crippen LogP contribution is 2.26. The van der Waals surface area contributed by atoms with Crippen LogP contribution < -0.4 is 14.9 Å². The Hall–Kier alpha value is -2.38. The van der Waals surface area contributed by atoms with Crippen molar-refractivity contribution >= 4 is 21.6 Å². The topological polar surface area (TPSA) is 78.5 Å². The Bertz CT molecular complexity index is 1000. The summed E-state index contributed by atoms with van der Waals surface area (Å²) in [5, 5.41) is 6.49. The van der Waals surface area contributed by atoms with Crippen LogP contribution in [0.15, 0.2) is 42.5 Å². The van der Waals surface area contributed by atoms with E-state index in [4.69, 9.17) is 0 Å². The average Bonchev–Trinajstić information content (AvgIpc) is 3.05. The molecule has 2 heterocycles. The van der Waals surface area contributed by atoms with E-state index in [-0.39, 0.29) is 17.7 Å².